The average molecular weight is 300 g/mol. The molecule has 0 bridgehead atoms. The van der Waals surface area contributed by atoms with Crippen molar-refractivity contribution in [2.75, 3.05) is 25.9 Å². The van der Waals surface area contributed by atoms with Crippen LogP contribution in [0.5, 0.6) is 0 Å². The zero-order valence-corrected chi connectivity index (χ0v) is 12.7. The van der Waals surface area contributed by atoms with Crippen molar-refractivity contribution in [3.8, 4) is 0 Å². The molecule has 0 fully saturated rings. The van der Waals surface area contributed by atoms with Gasteiger partial charge in [-0.15, -0.1) is 0 Å². The van der Waals surface area contributed by atoms with Crippen LogP contribution in [-0.4, -0.2) is 38.9 Å². The molecule has 0 saturated carbocycles. The van der Waals surface area contributed by atoms with Crippen molar-refractivity contribution in [1.29, 1.82) is 0 Å². The van der Waals surface area contributed by atoms with Crippen molar-refractivity contribution in [2.45, 2.75) is 25.2 Å². The Labute approximate surface area is 119 Å². The molecule has 0 aliphatic rings. The van der Waals surface area contributed by atoms with Gasteiger partial charge in [0.2, 0.25) is 10.0 Å². The number of nitrogens with zero attached hydrogens (tertiary/aromatic N) is 1. The van der Waals surface area contributed by atoms with Gasteiger partial charge in [0.05, 0.1) is 12.0 Å². The lowest BCUT2D eigenvalue weighted by atomic mass is 10.2. The van der Waals surface area contributed by atoms with Crippen LogP contribution in [0, 0.1) is 6.92 Å². The number of benzene rings is 1. The Balaban J connectivity index is 3.22. The quantitative estimate of drug-likeness (QED) is 0.629. The molecule has 0 heterocycles. The van der Waals surface area contributed by atoms with Crippen LogP contribution in [0.25, 0.3) is 0 Å². The molecule has 1 aromatic rings. The maximum absolute atomic E-state index is 12.6. The number of carbonyl (C=O) groups is 1. The van der Waals surface area contributed by atoms with Crippen LogP contribution in [0.15, 0.2) is 23.1 Å². The van der Waals surface area contributed by atoms with Crippen molar-refractivity contribution in [1.82, 2.24) is 4.31 Å². The zero-order valence-electron chi connectivity index (χ0n) is 11.9. The van der Waals surface area contributed by atoms with Crippen LogP contribution in [-0.2, 0) is 19.6 Å². The third-order valence-electron chi connectivity index (χ3n) is 2.84. The summed E-state index contributed by atoms with van der Waals surface area (Å²) in [5.74, 6) is -0.594. The van der Waals surface area contributed by atoms with Crippen molar-refractivity contribution in [3.63, 3.8) is 0 Å². The van der Waals surface area contributed by atoms with Gasteiger partial charge >= 0.3 is 5.97 Å². The smallest absolute Gasteiger partial charge is 0.321 e. The average Bonchev–Trinajstić information content (AvgIpc) is 2.40. The summed E-state index contributed by atoms with van der Waals surface area (Å²) in [6.07, 6.45) is 0.595. The molecule has 0 aliphatic heterocycles. The summed E-state index contributed by atoms with van der Waals surface area (Å²) in [5, 5.41) is 0. The van der Waals surface area contributed by atoms with Crippen LogP contribution in [0.3, 0.4) is 0 Å². The van der Waals surface area contributed by atoms with Gasteiger partial charge in [-0.05, 0) is 31.0 Å². The van der Waals surface area contributed by atoms with E-state index in [1.807, 2.05) is 6.92 Å². The molecule has 7 heteroatoms. The second-order valence-corrected chi connectivity index (χ2v) is 6.35. The maximum Gasteiger partial charge on any atom is 0.321 e. The lowest BCUT2D eigenvalue weighted by Crippen LogP contribution is -2.37. The number of carbonyl (C=O) groups excluding carboxylic acids is 1. The first-order chi connectivity index (χ1) is 9.32. The molecule has 112 valence electrons. The Kier molecular flexibility index (Phi) is 5.52. The number of nitrogen functional groups attached to an aromatic ring is 1. The molecule has 0 atom stereocenters. The highest BCUT2D eigenvalue weighted by molar-refractivity contribution is 7.89. The maximum atomic E-state index is 12.6. The van der Waals surface area contributed by atoms with Gasteiger partial charge in [0.15, 0.2) is 0 Å². The summed E-state index contributed by atoms with van der Waals surface area (Å²) >= 11 is 0. The number of methoxy groups -OCH3 is 1. The molecule has 6 nitrogen and oxygen atoms in total. The number of esters is 1. The SMILES string of the molecule is CCCN(CC(=O)OC)S(=O)(=O)c1cc(N)ccc1C. The summed E-state index contributed by atoms with van der Waals surface area (Å²) in [6, 6.07) is 4.69. The van der Waals surface area contributed by atoms with E-state index in [-0.39, 0.29) is 18.0 Å². The molecular weight excluding hydrogens is 280 g/mol. The Morgan fingerprint density at radius 3 is 2.60 bits per heavy atom. The van der Waals surface area contributed by atoms with Gasteiger partial charge in [0.1, 0.15) is 6.54 Å². The third-order valence-corrected chi connectivity index (χ3v) is 4.82. The van der Waals surface area contributed by atoms with Crippen LogP contribution in [0.1, 0.15) is 18.9 Å². The van der Waals surface area contributed by atoms with Gasteiger partial charge in [0, 0.05) is 12.2 Å². The van der Waals surface area contributed by atoms with Crippen LogP contribution in [0.4, 0.5) is 5.69 Å². The van der Waals surface area contributed by atoms with E-state index in [1.54, 1.807) is 19.1 Å². The number of hydrogen-bond donors (Lipinski definition) is 1. The molecule has 2 N–H and O–H groups in total. The molecular formula is C13H20N2O4S. The van der Waals surface area contributed by atoms with E-state index in [2.05, 4.69) is 4.74 Å². The predicted octanol–water partition coefficient (Wildman–Crippen LogP) is 1.15. The summed E-state index contributed by atoms with van der Waals surface area (Å²) in [7, 11) is -2.54. The highest BCUT2D eigenvalue weighted by Crippen LogP contribution is 2.22. The zero-order chi connectivity index (χ0) is 15.3. The van der Waals surface area contributed by atoms with Crippen molar-refractivity contribution >= 4 is 21.7 Å². The van der Waals surface area contributed by atoms with Gasteiger partial charge in [-0.3, -0.25) is 4.79 Å². The second kappa shape index (κ2) is 6.71. The molecule has 0 aromatic heterocycles. The Hall–Kier alpha value is -1.60. The molecule has 0 amide bonds. The summed E-state index contributed by atoms with van der Waals surface area (Å²) in [5.41, 5.74) is 6.60. The molecule has 0 unspecified atom stereocenters. The van der Waals surface area contributed by atoms with Gasteiger partial charge < -0.3 is 10.5 Å². The van der Waals surface area contributed by atoms with E-state index >= 15 is 0 Å². The number of aryl methyl sites for hydroxylation is 1. The minimum atomic E-state index is -3.77. The standard InChI is InChI=1S/C13H20N2O4S/c1-4-7-15(9-13(16)19-3)20(17,18)12-8-11(14)6-5-10(12)2/h5-6,8H,4,7,9,14H2,1-3H3. The van der Waals surface area contributed by atoms with Crippen molar-refractivity contribution < 1.29 is 17.9 Å². The number of sulfonamides is 1. The summed E-state index contributed by atoms with van der Waals surface area (Å²) < 4.78 is 30.9. The van der Waals surface area contributed by atoms with Crippen molar-refractivity contribution in [3.05, 3.63) is 23.8 Å². The van der Waals surface area contributed by atoms with E-state index in [1.165, 1.54) is 13.2 Å². The minimum Gasteiger partial charge on any atom is -0.468 e. The van der Waals surface area contributed by atoms with Crippen LogP contribution in [0.2, 0.25) is 0 Å². The normalized spacial score (nSPS) is 11.6. The second-order valence-electron chi connectivity index (χ2n) is 4.44. The molecule has 0 radical (unpaired) electrons. The topological polar surface area (TPSA) is 89.7 Å². The highest BCUT2D eigenvalue weighted by Gasteiger charge is 2.27. The Bertz CT molecular complexity index is 584. The molecule has 0 saturated heterocycles. The number of anilines is 1. The molecule has 0 spiro atoms. The van der Waals surface area contributed by atoms with Crippen LogP contribution >= 0.6 is 0 Å². The molecule has 20 heavy (non-hydrogen) atoms. The van der Waals surface area contributed by atoms with E-state index in [9.17, 15) is 13.2 Å². The monoisotopic (exact) mass is 300 g/mol. The summed E-state index contributed by atoms with van der Waals surface area (Å²) in [6.45, 7) is 3.47. The molecule has 1 rings (SSSR count). The van der Waals surface area contributed by atoms with E-state index in [4.69, 9.17) is 5.73 Å². The minimum absolute atomic E-state index is 0.120. The Morgan fingerprint density at radius 2 is 2.05 bits per heavy atom. The fraction of sp³-hybridized carbons (Fsp3) is 0.462. The Morgan fingerprint density at radius 1 is 1.40 bits per heavy atom. The first-order valence-corrected chi connectivity index (χ1v) is 7.70. The third kappa shape index (κ3) is 3.71. The fourth-order valence-corrected chi connectivity index (χ4v) is 3.51. The largest absolute Gasteiger partial charge is 0.468 e. The summed E-state index contributed by atoms with van der Waals surface area (Å²) in [4.78, 5) is 11.5. The van der Waals surface area contributed by atoms with Gasteiger partial charge in [0.25, 0.3) is 0 Å². The fourth-order valence-electron chi connectivity index (χ4n) is 1.78. The van der Waals surface area contributed by atoms with Crippen molar-refractivity contribution in [2.24, 2.45) is 0 Å². The van der Waals surface area contributed by atoms with E-state index in [0.29, 0.717) is 17.7 Å². The first-order valence-electron chi connectivity index (χ1n) is 6.26. The first kappa shape index (κ1) is 16.5. The van der Waals surface area contributed by atoms with Crippen LogP contribution < -0.4 is 5.73 Å². The number of nitrogens with two attached hydrogens (primary N) is 1. The number of rotatable bonds is 6. The molecule has 0 aliphatic carbocycles. The number of ether oxygens (including phenoxy) is 1. The van der Waals surface area contributed by atoms with Gasteiger partial charge in [-0.1, -0.05) is 13.0 Å². The predicted molar refractivity (Wildman–Crippen MR) is 76.7 cm³/mol. The highest BCUT2D eigenvalue weighted by atomic mass is 32.2. The molecule has 1 aromatic carbocycles. The van der Waals surface area contributed by atoms with E-state index < -0.39 is 16.0 Å². The van der Waals surface area contributed by atoms with E-state index in [0.717, 1.165) is 4.31 Å². The van der Waals surface area contributed by atoms with Gasteiger partial charge in [-0.25, -0.2) is 8.42 Å². The number of hydrogen-bond acceptors (Lipinski definition) is 5. The van der Waals surface area contributed by atoms with Gasteiger partial charge in [-0.2, -0.15) is 4.31 Å². The lowest BCUT2D eigenvalue weighted by molar-refractivity contribution is -0.140. The lowest BCUT2D eigenvalue weighted by Gasteiger charge is -2.21.